The first-order valence-electron chi connectivity index (χ1n) is 10.0. The van der Waals surface area contributed by atoms with Crippen molar-refractivity contribution < 1.29 is 14.0 Å². The van der Waals surface area contributed by atoms with Crippen molar-refractivity contribution >= 4 is 17.5 Å². The summed E-state index contributed by atoms with van der Waals surface area (Å²) in [4.78, 5) is 26.4. The van der Waals surface area contributed by atoms with E-state index in [9.17, 15) is 9.59 Å². The predicted molar refractivity (Wildman–Crippen MR) is 117 cm³/mol. The highest BCUT2D eigenvalue weighted by Gasteiger charge is 2.20. The minimum absolute atomic E-state index is 0.0185. The molecule has 1 heterocycles. The second-order valence-electron chi connectivity index (χ2n) is 7.05. The number of hydrogen-bond acceptors (Lipinski definition) is 4. The van der Waals surface area contributed by atoms with Gasteiger partial charge in [0.25, 0.3) is 0 Å². The summed E-state index contributed by atoms with van der Waals surface area (Å²) in [7, 11) is 1.62. The van der Waals surface area contributed by atoms with Crippen molar-refractivity contribution in [2.75, 3.05) is 25.5 Å². The van der Waals surface area contributed by atoms with Crippen LogP contribution in [-0.2, 0) is 16.0 Å². The second kappa shape index (κ2) is 10.4. The summed E-state index contributed by atoms with van der Waals surface area (Å²) in [6.07, 6.45) is 2.43. The van der Waals surface area contributed by atoms with Crippen molar-refractivity contribution in [3.63, 3.8) is 0 Å². The smallest absolute Gasteiger partial charge is 0.243 e. The van der Waals surface area contributed by atoms with Crippen LogP contribution in [0, 0.1) is 0 Å². The lowest BCUT2D eigenvalue weighted by molar-refractivity contribution is -0.132. The highest BCUT2D eigenvalue weighted by atomic mass is 16.3. The molecule has 0 spiro atoms. The quantitative estimate of drug-likeness (QED) is 0.570. The first-order valence-corrected chi connectivity index (χ1v) is 10.0. The molecular weight excluding hydrogens is 378 g/mol. The molecule has 2 aromatic carbocycles. The van der Waals surface area contributed by atoms with Crippen molar-refractivity contribution in [1.82, 2.24) is 10.2 Å². The van der Waals surface area contributed by atoms with E-state index in [1.807, 2.05) is 73.7 Å². The van der Waals surface area contributed by atoms with Gasteiger partial charge in [-0.2, -0.15) is 0 Å². The molecule has 0 saturated carbocycles. The molecule has 0 aliphatic heterocycles. The SMILES string of the molecule is CCc1ccccc1NC(=O)CN(C)C(=O)CN[C@H](c1ccccc1)c1ccco1. The van der Waals surface area contributed by atoms with Crippen molar-refractivity contribution in [3.8, 4) is 0 Å². The summed E-state index contributed by atoms with van der Waals surface area (Å²) in [6.45, 7) is 2.10. The molecule has 0 radical (unpaired) electrons. The van der Waals surface area contributed by atoms with E-state index in [2.05, 4.69) is 10.6 Å². The highest BCUT2D eigenvalue weighted by Crippen LogP contribution is 2.22. The molecule has 3 aromatic rings. The van der Waals surface area contributed by atoms with Crippen molar-refractivity contribution in [3.05, 3.63) is 89.9 Å². The first kappa shape index (κ1) is 21.3. The van der Waals surface area contributed by atoms with Crippen LogP contribution in [0.5, 0.6) is 0 Å². The fraction of sp³-hybridized carbons (Fsp3) is 0.250. The minimum Gasteiger partial charge on any atom is -0.467 e. The van der Waals surface area contributed by atoms with Crippen molar-refractivity contribution in [1.29, 1.82) is 0 Å². The normalized spacial score (nSPS) is 11.7. The molecule has 1 atom stereocenters. The predicted octanol–water partition coefficient (Wildman–Crippen LogP) is 3.62. The third-order valence-corrected chi connectivity index (χ3v) is 4.90. The highest BCUT2D eigenvalue weighted by molar-refractivity contribution is 5.95. The average molecular weight is 405 g/mol. The van der Waals surface area contributed by atoms with Crippen LogP contribution in [0.1, 0.15) is 29.9 Å². The van der Waals surface area contributed by atoms with Gasteiger partial charge >= 0.3 is 0 Å². The van der Waals surface area contributed by atoms with Crippen LogP contribution in [0.3, 0.4) is 0 Å². The summed E-state index contributed by atoms with van der Waals surface area (Å²) in [5.41, 5.74) is 2.84. The van der Waals surface area contributed by atoms with E-state index in [-0.39, 0.29) is 30.9 Å². The maximum Gasteiger partial charge on any atom is 0.243 e. The van der Waals surface area contributed by atoms with Gasteiger partial charge in [0.1, 0.15) is 5.76 Å². The Morgan fingerprint density at radius 3 is 2.43 bits per heavy atom. The van der Waals surface area contributed by atoms with E-state index in [1.54, 1.807) is 13.3 Å². The lowest BCUT2D eigenvalue weighted by Gasteiger charge is -2.21. The lowest BCUT2D eigenvalue weighted by atomic mass is 10.0. The summed E-state index contributed by atoms with van der Waals surface area (Å²) >= 11 is 0. The van der Waals surface area contributed by atoms with Gasteiger partial charge in [-0.25, -0.2) is 0 Å². The van der Waals surface area contributed by atoms with Crippen LogP contribution in [0.2, 0.25) is 0 Å². The number of para-hydroxylation sites is 1. The maximum absolute atomic E-state index is 12.6. The van der Waals surface area contributed by atoms with Crippen LogP contribution < -0.4 is 10.6 Å². The molecular formula is C24H27N3O3. The number of aryl methyl sites for hydroxylation is 1. The van der Waals surface area contributed by atoms with E-state index in [0.29, 0.717) is 0 Å². The molecule has 30 heavy (non-hydrogen) atoms. The molecule has 0 fully saturated rings. The van der Waals surface area contributed by atoms with E-state index in [1.165, 1.54) is 4.90 Å². The van der Waals surface area contributed by atoms with Gasteiger partial charge in [0.15, 0.2) is 0 Å². The number of amides is 2. The summed E-state index contributed by atoms with van der Waals surface area (Å²) < 4.78 is 5.54. The molecule has 3 rings (SSSR count). The largest absolute Gasteiger partial charge is 0.467 e. The van der Waals surface area contributed by atoms with Crippen LogP contribution in [0.25, 0.3) is 0 Å². The topological polar surface area (TPSA) is 74.6 Å². The lowest BCUT2D eigenvalue weighted by Crippen LogP contribution is -2.41. The third kappa shape index (κ3) is 5.58. The molecule has 2 N–H and O–H groups in total. The number of anilines is 1. The summed E-state index contributed by atoms with van der Waals surface area (Å²) in [5, 5.41) is 6.14. The number of nitrogens with zero attached hydrogens (tertiary/aromatic N) is 1. The van der Waals surface area contributed by atoms with Gasteiger partial charge in [-0.3, -0.25) is 14.9 Å². The number of likely N-dealkylation sites (N-methyl/N-ethyl adjacent to an activating group) is 1. The molecule has 0 saturated heterocycles. The standard InChI is InChI=1S/C24H27N3O3/c1-3-18-10-7-8-13-20(18)26-22(28)17-27(2)23(29)16-25-24(21-14-9-15-30-21)19-11-5-4-6-12-19/h4-15,24-25H,3,16-17H2,1-2H3,(H,26,28)/t24-/m1/s1. The van der Waals surface area contributed by atoms with Gasteiger partial charge in [0.05, 0.1) is 25.4 Å². The number of nitrogens with one attached hydrogen (secondary N) is 2. The molecule has 2 amide bonds. The molecule has 0 aliphatic carbocycles. The molecule has 6 heteroatoms. The molecule has 156 valence electrons. The van der Waals surface area contributed by atoms with Crippen molar-refractivity contribution in [2.45, 2.75) is 19.4 Å². The molecule has 1 aromatic heterocycles. The minimum atomic E-state index is -0.246. The van der Waals surface area contributed by atoms with E-state index in [0.717, 1.165) is 29.0 Å². The number of carbonyl (C=O) groups is 2. The number of furan rings is 1. The van der Waals surface area contributed by atoms with Crippen LogP contribution in [0.4, 0.5) is 5.69 Å². The number of benzene rings is 2. The zero-order valence-corrected chi connectivity index (χ0v) is 17.3. The Hall–Kier alpha value is -3.38. The van der Waals surface area contributed by atoms with Gasteiger partial charge in [-0.1, -0.05) is 55.5 Å². The van der Waals surface area contributed by atoms with Crippen LogP contribution in [-0.4, -0.2) is 36.9 Å². The molecule has 6 nitrogen and oxygen atoms in total. The van der Waals surface area contributed by atoms with Gasteiger partial charge in [-0.15, -0.1) is 0 Å². The zero-order chi connectivity index (χ0) is 21.3. The Balaban J connectivity index is 1.57. The third-order valence-electron chi connectivity index (χ3n) is 4.90. The van der Waals surface area contributed by atoms with Gasteiger partial charge in [0.2, 0.25) is 11.8 Å². The number of hydrogen-bond donors (Lipinski definition) is 2. The molecule has 0 unspecified atom stereocenters. The van der Waals surface area contributed by atoms with Gasteiger partial charge in [-0.05, 0) is 35.7 Å². The zero-order valence-electron chi connectivity index (χ0n) is 17.3. The monoisotopic (exact) mass is 405 g/mol. The fourth-order valence-corrected chi connectivity index (χ4v) is 3.25. The fourth-order valence-electron chi connectivity index (χ4n) is 3.25. The Labute approximate surface area is 176 Å². The second-order valence-corrected chi connectivity index (χ2v) is 7.05. The van der Waals surface area contributed by atoms with Crippen molar-refractivity contribution in [2.24, 2.45) is 0 Å². The molecule has 0 bridgehead atoms. The van der Waals surface area contributed by atoms with E-state index >= 15 is 0 Å². The Bertz CT molecular complexity index is 955. The Kier molecular flexibility index (Phi) is 7.40. The van der Waals surface area contributed by atoms with Gasteiger partial charge in [0, 0.05) is 12.7 Å². The van der Waals surface area contributed by atoms with Crippen LogP contribution >= 0.6 is 0 Å². The number of carbonyl (C=O) groups excluding carboxylic acids is 2. The first-order chi connectivity index (χ1) is 14.6. The number of rotatable bonds is 9. The average Bonchev–Trinajstić information content (AvgIpc) is 3.29. The van der Waals surface area contributed by atoms with Crippen LogP contribution in [0.15, 0.2) is 77.4 Å². The maximum atomic E-state index is 12.6. The van der Waals surface area contributed by atoms with Gasteiger partial charge < -0.3 is 14.6 Å². The molecule has 0 aliphatic rings. The van der Waals surface area contributed by atoms with E-state index < -0.39 is 0 Å². The van der Waals surface area contributed by atoms with E-state index in [4.69, 9.17) is 4.42 Å². The Morgan fingerprint density at radius 1 is 1.00 bits per heavy atom. The summed E-state index contributed by atoms with van der Waals surface area (Å²) in [6, 6.07) is 20.9. The summed E-state index contributed by atoms with van der Waals surface area (Å²) in [5.74, 6) is 0.323. The Morgan fingerprint density at radius 2 is 1.73 bits per heavy atom.